The fraction of sp³-hybridized carbons (Fsp3) is 0.300. The number of amides is 2. The van der Waals surface area contributed by atoms with Gasteiger partial charge in [0, 0.05) is 0 Å². The Balaban J connectivity index is 1.98. The van der Waals surface area contributed by atoms with Crippen LogP contribution in [0.2, 0.25) is 0 Å². The number of benzene rings is 2. The molecule has 6 heteroatoms. The zero-order chi connectivity index (χ0) is 18.9. The highest BCUT2D eigenvalue weighted by atomic mass is 19.1. The van der Waals surface area contributed by atoms with Crippen molar-refractivity contribution in [2.75, 3.05) is 5.32 Å². The van der Waals surface area contributed by atoms with Gasteiger partial charge in [0.2, 0.25) is 5.91 Å². The van der Waals surface area contributed by atoms with Gasteiger partial charge in [-0.25, -0.2) is 9.18 Å². The second-order valence-corrected chi connectivity index (χ2v) is 6.04. The van der Waals surface area contributed by atoms with Gasteiger partial charge in [0.1, 0.15) is 18.5 Å². The van der Waals surface area contributed by atoms with E-state index in [-0.39, 0.29) is 18.2 Å². The van der Waals surface area contributed by atoms with Gasteiger partial charge in [-0.05, 0) is 23.6 Å². The lowest BCUT2D eigenvalue weighted by Gasteiger charge is -2.23. The van der Waals surface area contributed by atoms with Crippen molar-refractivity contribution in [1.82, 2.24) is 5.32 Å². The summed E-state index contributed by atoms with van der Waals surface area (Å²) in [6, 6.07) is 14.3. The number of alkyl carbamates (subject to hydrolysis) is 1. The van der Waals surface area contributed by atoms with Crippen LogP contribution in [0, 0.1) is 11.7 Å². The van der Waals surface area contributed by atoms with E-state index in [2.05, 4.69) is 10.6 Å². The summed E-state index contributed by atoms with van der Waals surface area (Å²) in [6.07, 6.45) is -0.0308. The van der Waals surface area contributed by atoms with Crippen LogP contribution in [0.3, 0.4) is 0 Å². The van der Waals surface area contributed by atoms with Gasteiger partial charge >= 0.3 is 6.09 Å². The van der Waals surface area contributed by atoms with Crippen molar-refractivity contribution >= 4 is 17.7 Å². The number of nitrogens with one attached hydrogen (secondary N) is 2. The zero-order valence-corrected chi connectivity index (χ0v) is 14.9. The largest absolute Gasteiger partial charge is 0.445 e. The van der Waals surface area contributed by atoms with Crippen molar-refractivity contribution in [3.05, 3.63) is 66.0 Å². The van der Waals surface area contributed by atoms with Crippen LogP contribution in [0.15, 0.2) is 54.6 Å². The Labute approximate surface area is 152 Å². The van der Waals surface area contributed by atoms with Crippen LogP contribution in [-0.2, 0) is 16.1 Å². The summed E-state index contributed by atoms with van der Waals surface area (Å²) in [4.78, 5) is 24.6. The highest BCUT2D eigenvalue weighted by molar-refractivity contribution is 5.96. The van der Waals surface area contributed by atoms with E-state index < -0.39 is 23.9 Å². The topological polar surface area (TPSA) is 67.4 Å². The minimum absolute atomic E-state index is 0.0743. The molecule has 0 aromatic heterocycles. The summed E-state index contributed by atoms with van der Waals surface area (Å²) in [6.45, 7) is 3.85. The molecule has 26 heavy (non-hydrogen) atoms. The molecule has 0 saturated carbocycles. The first-order chi connectivity index (χ1) is 12.5. The Hall–Kier alpha value is -2.89. The molecule has 0 aliphatic carbocycles. The van der Waals surface area contributed by atoms with Gasteiger partial charge in [0.15, 0.2) is 0 Å². The van der Waals surface area contributed by atoms with Gasteiger partial charge in [-0.2, -0.15) is 0 Å². The number of carbonyl (C=O) groups excluding carboxylic acids is 2. The van der Waals surface area contributed by atoms with Crippen LogP contribution in [0.5, 0.6) is 0 Å². The van der Waals surface area contributed by atoms with Gasteiger partial charge in [0.25, 0.3) is 0 Å². The smallest absolute Gasteiger partial charge is 0.408 e. The molecule has 0 aliphatic heterocycles. The molecule has 0 fully saturated rings. The molecule has 0 heterocycles. The van der Waals surface area contributed by atoms with Crippen LogP contribution < -0.4 is 10.6 Å². The normalized spacial score (nSPS) is 12.7. The first-order valence-corrected chi connectivity index (χ1v) is 8.54. The van der Waals surface area contributed by atoms with Gasteiger partial charge in [-0.15, -0.1) is 0 Å². The summed E-state index contributed by atoms with van der Waals surface area (Å²) in [5, 5.41) is 5.10. The van der Waals surface area contributed by atoms with Crippen molar-refractivity contribution in [2.24, 2.45) is 5.92 Å². The van der Waals surface area contributed by atoms with Crippen molar-refractivity contribution in [2.45, 2.75) is 32.9 Å². The molecule has 2 rings (SSSR count). The summed E-state index contributed by atoms with van der Waals surface area (Å²) in [5.41, 5.74) is 0.920. The van der Waals surface area contributed by atoms with Crippen LogP contribution in [0.25, 0.3) is 0 Å². The third kappa shape index (κ3) is 5.58. The van der Waals surface area contributed by atoms with Gasteiger partial charge in [0.05, 0.1) is 5.69 Å². The highest BCUT2D eigenvalue weighted by Crippen LogP contribution is 2.15. The van der Waals surface area contributed by atoms with Crippen molar-refractivity contribution in [3.63, 3.8) is 0 Å². The molecule has 0 radical (unpaired) electrons. The van der Waals surface area contributed by atoms with Gasteiger partial charge in [-0.3, -0.25) is 4.79 Å². The van der Waals surface area contributed by atoms with Crippen molar-refractivity contribution < 1.29 is 18.7 Å². The minimum Gasteiger partial charge on any atom is -0.445 e. The molecule has 138 valence electrons. The maximum absolute atomic E-state index is 13.7. The highest BCUT2D eigenvalue weighted by Gasteiger charge is 2.27. The molecule has 2 amide bonds. The SMILES string of the molecule is CC[C@H](C)[C@@H](NC(=O)OCc1ccccc1)C(=O)Nc1ccccc1F. The molecule has 0 saturated heterocycles. The van der Waals surface area contributed by atoms with Crippen LogP contribution in [0.4, 0.5) is 14.9 Å². The van der Waals surface area contributed by atoms with Crippen LogP contribution in [0.1, 0.15) is 25.8 Å². The van der Waals surface area contributed by atoms with Gasteiger partial charge in [-0.1, -0.05) is 62.7 Å². The molecule has 2 aromatic carbocycles. The Morgan fingerprint density at radius 1 is 1.08 bits per heavy atom. The number of hydrogen-bond acceptors (Lipinski definition) is 3. The van der Waals surface area contributed by atoms with Crippen LogP contribution in [-0.4, -0.2) is 18.0 Å². The number of halogens is 1. The predicted molar refractivity (Wildman–Crippen MR) is 98.0 cm³/mol. The fourth-order valence-corrected chi connectivity index (χ4v) is 2.37. The van der Waals surface area contributed by atoms with E-state index in [0.29, 0.717) is 6.42 Å². The van der Waals surface area contributed by atoms with E-state index in [4.69, 9.17) is 4.74 Å². The number of anilines is 1. The maximum Gasteiger partial charge on any atom is 0.408 e. The molecule has 5 nitrogen and oxygen atoms in total. The molecule has 2 N–H and O–H groups in total. The third-order valence-corrected chi connectivity index (χ3v) is 4.11. The number of carbonyl (C=O) groups is 2. The molecule has 0 spiro atoms. The second-order valence-electron chi connectivity index (χ2n) is 6.04. The summed E-state index contributed by atoms with van der Waals surface area (Å²) >= 11 is 0. The summed E-state index contributed by atoms with van der Waals surface area (Å²) in [7, 11) is 0. The van der Waals surface area contributed by atoms with Gasteiger partial charge < -0.3 is 15.4 Å². The first-order valence-electron chi connectivity index (χ1n) is 8.54. The van der Waals surface area contributed by atoms with E-state index in [1.54, 1.807) is 6.07 Å². The molecule has 2 atom stereocenters. The number of hydrogen-bond donors (Lipinski definition) is 2. The number of rotatable bonds is 7. The molecule has 0 aliphatic rings. The quantitative estimate of drug-likeness (QED) is 0.783. The lowest BCUT2D eigenvalue weighted by molar-refractivity contribution is -0.119. The van der Waals surface area contributed by atoms with Crippen molar-refractivity contribution in [3.8, 4) is 0 Å². The lowest BCUT2D eigenvalue weighted by Crippen LogP contribution is -2.47. The van der Waals surface area contributed by atoms with Crippen molar-refractivity contribution in [1.29, 1.82) is 0 Å². The molecule has 0 bridgehead atoms. The Kier molecular flexibility index (Phi) is 7.14. The van der Waals surface area contributed by atoms with E-state index in [9.17, 15) is 14.0 Å². The lowest BCUT2D eigenvalue weighted by atomic mass is 9.98. The van der Waals surface area contributed by atoms with Crippen LogP contribution >= 0.6 is 0 Å². The molecular weight excluding hydrogens is 335 g/mol. The zero-order valence-electron chi connectivity index (χ0n) is 14.9. The standard InChI is InChI=1S/C20H23FN2O3/c1-3-14(2)18(19(24)22-17-12-8-7-11-16(17)21)23-20(25)26-13-15-9-5-4-6-10-15/h4-12,14,18H,3,13H2,1-2H3,(H,22,24)(H,23,25)/t14-,18+/m0/s1. The van der Waals surface area contributed by atoms with E-state index in [1.165, 1.54) is 18.2 Å². The third-order valence-electron chi connectivity index (χ3n) is 4.11. The average molecular weight is 358 g/mol. The Bertz CT molecular complexity index is 737. The van der Waals surface area contributed by atoms with E-state index in [1.807, 2.05) is 44.2 Å². The molecular formula is C20H23FN2O3. The summed E-state index contributed by atoms with van der Waals surface area (Å²) < 4.78 is 18.9. The molecule has 2 aromatic rings. The number of para-hydroxylation sites is 1. The fourth-order valence-electron chi connectivity index (χ4n) is 2.37. The second kappa shape index (κ2) is 9.56. The first kappa shape index (κ1) is 19.4. The van der Waals surface area contributed by atoms with E-state index >= 15 is 0 Å². The summed E-state index contributed by atoms with van der Waals surface area (Å²) in [5.74, 6) is -1.16. The Morgan fingerprint density at radius 3 is 2.38 bits per heavy atom. The minimum atomic E-state index is -0.831. The molecule has 0 unspecified atom stereocenters. The van der Waals surface area contributed by atoms with E-state index in [0.717, 1.165) is 5.56 Å². The predicted octanol–water partition coefficient (Wildman–Crippen LogP) is 4.11. The number of ether oxygens (including phenoxy) is 1. The average Bonchev–Trinajstić information content (AvgIpc) is 2.66. The Morgan fingerprint density at radius 2 is 1.73 bits per heavy atom. The maximum atomic E-state index is 13.7. The monoisotopic (exact) mass is 358 g/mol.